The Bertz CT molecular complexity index is 709. The molecule has 0 spiro atoms. The van der Waals surface area contributed by atoms with Crippen molar-refractivity contribution in [2.45, 2.75) is 52.1 Å². The topological polar surface area (TPSA) is 77.0 Å². The minimum atomic E-state index is -0.0522. The van der Waals surface area contributed by atoms with E-state index in [0.717, 1.165) is 44.0 Å². The van der Waals surface area contributed by atoms with Gasteiger partial charge in [0.1, 0.15) is 0 Å². The zero-order valence-corrected chi connectivity index (χ0v) is 14.6. The van der Waals surface area contributed by atoms with Crippen LogP contribution >= 0.6 is 0 Å². The van der Waals surface area contributed by atoms with Crippen LogP contribution in [0, 0.1) is 5.92 Å². The van der Waals surface area contributed by atoms with Crippen LogP contribution in [0.1, 0.15) is 45.1 Å². The van der Waals surface area contributed by atoms with Crippen molar-refractivity contribution < 1.29 is 4.52 Å². The molecule has 7 nitrogen and oxygen atoms in total. The maximum Gasteiger partial charge on any atom is 0.266 e. The van der Waals surface area contributed by atoms with Crippen LogP contribution < -0.4 is 5.56 Å². The van der Waals surface area contributed by atoms with Gasteiger partial charge in [0.25, 0.3) is 5.56 Å². The molecule has 0 unspecified atom stereocenters. The zero-order valence-electron chi connectivity index (χ0n) is 14.6. The minimum absolute atomic E-state index is 0.0165. The normalized spacial score (nSPS) is 17.3. The van der Waals surface area contributed by atoms with Gasteiger partial charge in [0, 0.05) is 18.0 Å². The lowest BCUT2D eigenvalue weighted by Gasteiger charge is -2.31. The second-order valence-electron chi connectivity index (χ2n) is 7.56. The molecule has 0 amide bonds. The Morgan fingerprint density at radius 3 is 2.62 bits per heavy atom. The Hall–Kier alpha value is -2.02. The molecule has 130 valence electrons. The molecule has 0 atom stereocenters. The second-order valence-corrected chi connectivity index (χ2v) is 7.56. The Morgan fingerprint density at radius 2 is 2.00 bits per heavy atom. The van der Waals surface area contributed by atoms with Crippen LogP contribution in [0.4, 0.5) is 0 Å². The number of likely N-dealkylation sites (tertiary alicyclic amines) is 1. The van der Waals surface area contributed by atoms with Crippen LogP contribution in [0.25, 0.3) is 0 Å². The van der Waals surface area contributed by atoms with E-state index in [0.29, 0.717) is 12.5 Å². The van der Waals surface area contributed by atoms with Crippen molar-refractivity contribution in [2.75, 3.05) is 13.1 Å². The van der Waals surface area contributed by atoms with Gasteiger partial charge in [-0.3, -0.25) is 9.69 Å². The van der Waals surface area contributed by atoms with E-state index < -0.39 is 0 Å². The van der Waals surface area contributed by atoms with E-state index in [4.69, 9.17) is 4.52 Å². The number of rotatable bonds is 4. The molecular formula is C17H25N5O2. The molecule has 1 fully saturated rings. The van der Waals surface area contributed by atoms with E-state index in [2.05, 4.69) is 40.9 Å². The van der Waals surface area contributed by atoms with Crippen molar-refractivity contribution in [3.05, 3.63) is 40.4 Å². The molecule has 0 aromatic carbocycles. The van der Waals surface area contributed by atoms with E-state index in [-0.39, 0.29) is 11.0 Å². The molecule has 2 aromatic rings. The quantitative estimate of drug-likeness (QED) is 0.851. The third kappa shape index (κ3) is 4.08. The standard InChI is InChI=1S/C17H25N5O2/c1-17(2,3)14-4-5-16(23)22(19-14)10-13-6-8-21(9-7-13)11-15-18-12-24-20-15/h4-5,12-13H,6-11H2,1-3H3. The molecule has 0 N–H and O–H groups in total. The van der Waals surface area contributed by atoms with Crippen LogP contribution in [0.2, 0.25) is 0 Å². The molecule has 0 bridgehead atoms. The average Bonchev–Trinajstić information content (AvgIpc) is 3.03. The summed E-state index contributed by atoms with van der Waals surface area (Å²) in [5.74, 6) is 1.20. The highest BCUT2D eigenvalue weighted by atomic mass is 16.5. The highest BCUT2D eigenvalue weighted by Gasteiger charge is 2.22. The monoisotopic (exact) mass is 331 g/mol. The molecule has 7 heteroatoms. The minimum Gasteiger partial charge on any atom is -0.343 e. The fourth-order valence-electron chi connectivity index (χ4n) is 3.01. The predicted molar refractivity (Wildman–Crippen MR) is 89.5 cm³/mol. The third-order valence-electron chi connectivity index (χ3n) is 4.55. The van der Waals surface area contributed by atoms with E-state index >= 15 is 0 Å². The summed E-state index contributed by atoms with van der Waals surface area (Å²) in [4.78, 5) is 18.5. The van der Waals surface area contributed by atoms with Crippen molar-refractivity contribution >= 4 is 0 Å². The Balaban J connectivity index is 1.59. The van der Waals surface area contributed by atoms with Gasteiger partial charge in [-0.2, -0.15) is 10.1 Å². The van der Waals surface area contributed by atoms with E-state index in [1.54, 1.807) is 10.7 Å². The Kier molecular flexibility index (Phi) is 4.80. The van der Waals surface area contributed by atoms with Gasteiger partial charge in [0.15, 0.2) is 5.82 Å². The maximum atomic E-state index is 12.1. The SMILES string of the molecule is CC(C)(C)c1ccc(=O)n(CC2CCN(Cc3ncon3)CC2)n1. The summed E-state index contributed by atoms with van der Waals surface area (Å²) < 4.78 is 6.41. The molecule has 0 aliphatic carbocycles. The lowest BCUT2D eigenvalue weighted by atomic mass is 9.92. The molecule has 1 aliphatic rings. The lowest BCUT2D eigenvalue weighted by molar-refractivity contribution is 0.158. The van der Waals surface area contributed by atoms with Gasteiger partial charge in [-0.25, -0.2) is 4.68 Å². The van der Waals surface area contributed by atoms with Crippen LogP contribution in [0.15, 0.2) is 27.8 Å². The maximum absolute atomic E-state index is 12.1. The summed E-state index contributed by atoms with van der Waals surface area (Å²) in [6.45, 7) is 9.71. The summed E-state index contributed by atoms with van der Waals surface area (Å²) in [5, 5.41) is 8.43. The van der Waals surface area contributed by atoms with Crippen LogP contribution in [-0.4, -0.2) is 37.9 Å². The number of hydrogen-bond donors (Lipinski definition) is 0. The molecule has 1 saturated heterocycles. The number of piperidine rings is 1. The summed E-state index contributed by atoms with van der Waals surface area (Å²) in [6.07, 6.45) is 3.46. The van der Waals surface area contributed by atoms with Crippen LogP contribution in [0.5, 0.6) is 0 Å². The van der Waals surface area contributed by atoms with Crippen molar-refractivity contribution in [3.8, 4) is 0 Å². The number of aromatic nitrogens is 4. The van der Waals surface area contributed by atoms with Gasteiger partial charge in [-0.15, -0.1) is 0 Å². The summed E-state index contributed by atoms with van der Waals surface area (Å²) >= 11 is 0. The average molecular weight is 331 g/mol. The van der Waals surface area contributed by atoms with E-state index in [1.165, 1.54) is 6.39 Å². The van der Waals surface area contributed by atoms with Gasteiger partial charge < -0.3 is 4.52 Å². The number of nitrogens with zero attached hydrogens (tertiary/aromatic N) is 5. The zero-order chi connectivity index (χ0) is 17.2. The molecule has 3 heterocycles. The van der Waals surface area contributed by atoms with Gasteiger partial charge in [-0.1, -0.05) is 25.9 Å². The van der Waals surface area contributed by atoms with Crippen molar-refractivity contribution in [1.29, 1.82) is 0 Å². The summed E-state index contributed by atoms with van der Waals surface area (Å²) in [5.41, 5.74) is 0.887. The van der Waals surface area contributed by atoms with Gasteiger partial charge in [-0.05, 0) is 37.9 Å². The molecule has 24 heavy (non-hydrogen) atoms. The van der Waals surface area contributed by atoms with Crippen molar-refractivity contribution in [1.82, 2.24) is 24.8 Å². The first-order chi connectivity index (χ1) is 11.4. The highest BCUT2D eigenvalue weighted by molar-refractivity contribution is 5.10. The first-order valence-corrected chi connectivity index (χ1v) is 8.48. The van der Waals surface area contributed by atoms with Crippen LogP contribution in [0.3, 0.4) is 0 Å². The van der Waals surface area contributed by atoms with E-state index in [9.17, 15) is 4.79 Å². The molecule has 2 aromatic heterocycles. The lowest BCUT2D eigenvalue weighted by Crippen LogP contribution is -2.37. The largest absolute Gasteiger partial charge is 0.343 e. The van der Waals surface area contributed by atoms with Gasteiger partial charge in [0.2, 0.25) is 6.39 Å². The Labute approximate surface area is 141 Å². The Morgan fingerprint density at radius 1 is 1.25 bits per heavy atom. The first-order valence-electron chi connectivity index (χ1n) is 8.48. The second kappa shape index (κ2) is 6.84. The summed E-state index contributed by atoms with van der Waals surface area (Å²) in [6, 6.07) is 3.48. The van der Waals surface area contributed by atoms with Gasteiger partial charge >= 0.3 is 0 Å². The molecule has 1 aliphatic heterocycles. The van der Waals surface area contributed by atoms with Crippen molar-refractivity contribution in [3.63, 3.8) is 0 Å². The van der Waals surface area contributed by atoms with E-state index in [1.807, 2.05) is 6.07 Å². The fourth-order valence-corrected chi connectivity index (χ4v) is 3.01. The summed E-state index contributed by atoms with van der Waals surface area (Å²) in [7, 11) is 0. The van der Waals surface area contributed by atoms with Gasteiger partial charge in [0.05, 0.1) is 12.2 Å². The van der Waals surface area contributed by atoms with Crippen LogP contribution in [-0.2, 0) is 18.5 Å². The first kappa shape index (κ1) is 16.8. The fraction of sp³-hybridized carbons (Fsp3) is 0.647. The molecule has 0 saturated carbocycles. The predicted octanol–water partition coefficient (Wildman–Crippen LogP) is 1.84. The molecular weight excluding hydrogens is 306 g/mol. The smallest absolute Gasteiger partial charge is 0.266 e. The van der Waals surface area contributed by atoms with Crippen molar-refractivity contribution in [2.24, 2.45) is 5.92 Å². The highest BCUT2D eigenvalue weighted by Crippen LogP contribution is 2.21. The molecule has 0 radical (unpaired) electrons. The molecule has 3 rings (SSSR count). The third-order valence-corrected chi connectivity index (χ3v) is 4.55. The number of hydrogen-bond acceptors (Lipinski definition) is 6.